The van der Waals surface area contributed by atoms with Gasteiger partial charge >= 0.3 is 6.18 Å². The molecule has 0 unspecified atom stereocenters. The van der Waals surface area contributed by atoms with Gasteiger partial charge in [-0.1, -0.05) is 12.1 Å². The molecule has 1 atom stereocenters. The number of benzene rings is 2. The van der Waals surface area contributed by atoms with E-state index in [9.17, 15) is 18.0 Å². The molecule has 196 valence electrons. The van der Waals surface area contributed by atoms with Crippen molar-refractivity contribution in [2.45, 2.75) is 19.5 Å². The molecule has 1 amide bonds. The Bertz CT molecular complexity index is 1450. The molecule has 0 spiro atoms. The Morgan fingerprint density at radius 3 is 2.84 bits per heavy atom. The Morgan fingerprint density at radius 1 is 1.18 bits per heavy atom. The van der Waals surface area contributed by atoms with E-state index in [1.165, 1.54) is 12.1 Å². The van der Waals surface area contributed by atoms with Crippen molar-refractivity contribution in [3.8, 4) is 22.6 Å². The van der Waals surface area contributed by atoms with E-state index in [1.807, 2.05) is 19.2 Å². The zero-order valence-corrected chi connectivity index (χ0v) is 20.5. The highest BCUT2D eigenvalue weighted by Crippen LogP contribution is 2.32. The average molecular weight is 523 g/mol. The number of alkyl halides is 3. The number of amides is 1. The molecule has 10 heteroatoms. The lowest BCUT2D eigenvalue weighted by Gasteiger charge is -2.13. The van der Waals surface area contributed by atoms with Gasteiger partial charge in [-0.2, -0.15) is 18.3 Å². The van der Waals surface area contributed by atoms with Gasteiger partial charge in [0.05, 0.1) is 30.7 Å². The van der Waals surface area contributed by atoms with Crippen LogP contribution in [0.15, 0.2) is 73.3 Å². The van der Waals surface area contributed by atoms with E-state index in [1.54, 1.807) is 41.5 Å². The molecule has 0 aliphatic carbocycles. The number of hydrogen-bond acceptors (Lipinski definition) is 5. The van der Waals surface area contributed by atoms with E-state index in [-0.39, 0.29) is 5.56 Å². The number of hydrogen-bond donors (Lipinski definition) is 1. The summed E-state index contributed by atoms with van der Waals surface area (Å²) in [6, 6.07) is 11.3. The largest absolute Gasteiger partial charge is 0.492 e. The fourth-order valence-electron chi connectivity index (χ4n) is 4.21. The quantitative estimate of drug-likeness (QED) is 0.326. The molecule has 0 radical (unpaired) electrons. The van der Waals surface area contributed by atoms with Crippen molar-refractivity contribution in [3.63, 3.8) is 0 Å². The first-order valence-corrected chi connectivity index (χ1v) is 12.1. The van der Waals surface area contributed by atoms with Crippen LogP contribution < -0.4 is 10.1 Å². The maximum atomic E-state index is 13.0. The molecule has 1 fully saturated rings. The van der Waals surface area contributed by atoms with Crippen molar-refractivity contribution in [2.75, 3.05) is 25.1 Å². The minimum Gasteiger partial charge on any atom is -0.492 e. The second-order valence-corrected chi connectivity index (χ2v) is 9.12. The van der Waals surface area contributed by atoms with E-state index in [4.69, 9.17) is 9.47 Å². The lowest BCUT2D eigenvalue weighted by atomic mass is 10.1. The summed E-state index contributed by atoms with van der Waals surface area (Å²) in [5.74, 6) is 0.414. The first-order chi connectivity index (χ1) is 18.3. The molecular formula is C28H25F3N4O3. The van der Waals surface area contributed by atoms with Crippen LogP contribution in [-0.2, 0) is 10.9 Å². The monoisotopic (exact) mass is 522 g/mol. The van der Waals surface area contributed by atoms with E-state index >= 15 is 0 Å². The molecule has 2 aromatic heterocycles. The van der Waals surface area contributed by atoms with E-state index in [0.717, 1.165) is 41.9 Å². The third kappa shape index (κ3) is 5.70. The summed E-state index contributed by atoms with van der Waals surface area (Å²) in [7, 11) is 0. The van der Waals surface area contributed by atoms with Crippen molar-refractivity contribution >= 4 is 11.6 Å². The van der Waals surface area contributed by atoms with Crippen LogP contribution >= 0.6 is 0 Å². The Morgan fingerprint density at radius 2 is 2.05 bits per heavy atom. The summed E-state index contributed by atoms with van der Waals surface area (Å²) in [5.41, 5.74) is 2.64. The molecule has 4 aromatic rings. The van der Waals surface area contributed by atoms with Crippen LogP contribution in [0.3, 0.4) is 0 Å². The van der Waals surface area contributed by atoms with Crippen LogP contribution in [0.1, 0.15) is 27.9 Å². The number of halogens is 3. The summed E-state index contributed by atoms with van der Waals surface area (Å²) in [5, 5.41) is 7.17. The van der Waals surface area contributed by atoms with Crippen LogP contribution in [-0.4, -0.2) is 40.5 Å². The normalized spacial score (nSPS) is 15.4. The Kier molecular flexibility index (Phi) is 7.15. The van der Waals surface area contributed by atoms with E-state index < -0.39 is 17.6 Å². The Balaban J connectivity index is 1.35. The molecule has 2 aromatic carbocycles. The highest BCUT2D eigenvalue weighted by Gasteiger charge is 2.31. The predicted molar refractivity (Wildman–Crippen MR) is 135 cm³/mol. The Hall–Kier alpha value is -4.18. The van der Waals surface area contributed by atoms with Gasteiger partial charge in [-0.15, -0.1) is 0 Å². The third-order valence-corrected chi connectivity index (χ3v) is 6.34. The standard InChI is InChI=1S/C28H25F3N4O3/c1-18-5-6-23(34-27(36)20-3-2-4-22(11-20)28(29,30)31)12-25(18)35-15-21(13-33-35)24-14-32-9-7-26(24)38-17-19-8-10-37-16-19/h2-7,9,11-15,19H,8,10,16-17H2,1H3,(H,34,36)/t19-/m0/s1. The molecule has 0 bridgehead atoms. The molecule has 38 heavy (non-hydrogen) atoms. The highest BCUT2D eigenvalue weighted by atomic mass is 19.4. The number of ether oxygens (including phenoxy) is 2. The molecule has 1 N–H and O–H groups in total. The predicted octanol–water partition coefficient (Wildman–Crippen LogP) is 5.93. The number of aryl methyl sites for hydroxylation is 1. The van der Waals surface area contributed by atoms with Crippen molar-refractivity contribution in [2.24, 2.45) is 5.92 Å². The van der Waals surface area contributed by atoms with Crippen LogP contribution in [0.25, 0.3) is 16.8 Å². The maximum absolute atomic E-state index is 13.0. The molecule has 7 nitrogen and oxygen atoms in total. The number of nitrogens with zero attached hydrogens (tertiary/aromatic N) is 3. The van der Waals surface area contributed by atoms with Gasteiger partial charge < -0.3 is 14.8 Å². The number of aromatic nitrogens is 3. The number of rotatable bonds is 7. The first-order valence-electron chi connectivity index (χ1n) is 12.1. The van der Waals surface area contributed by atoms with Crippen LogP contribution in [0, 0.1) is 12.8 Å². The molecule has 1 aliphatic rings. The summed E-state index contributed by atoms with van der Waals surface area (Å²) < 4.78 is 52.3. The Labute approximate surface area is 217 Å². The maximum Gasteiger partial charge on any atom is 0.416 e. The van der Waals surface area contributed by atoms with E-state index in [0.29, 0.717) is 36.3 Å². The highest BCUT2D eigenvalue weighted by molar-refractivity contribution is 6.04. The second-order valence-electron chi connectivity index (χ2n) is 9.12. The average Bonchev–Trinajstić information content (AvgIpc) is 3.61. The van der Waals surface area contributed by atoms with E-state index in [2.05, 4.69) is 15.4 Å². The molecule has 5 rings (SSSR count). The third-order valence-electron chi connectivity index (χ3n) is 6.34. The van der Waals surface area contributed by atoms with Gasteiger partial charge in [0.1, 0.15) is 5.75 Å². The molecule has 3 heterocycles. The fraction of sp³-hybridized carbons (Fsp3) is 0.250. The second kappa shape index (κ2) is 10.7. The molecular weight excluding hydrogens is 497 g/mol. The number of carbonyl (C=O) groups excluding carboxylic acids is 1. The minimum atomic E-state index is -4.53. The van der Waals surface area contributed by atoms with Crippen molar-refractivity contribution in [1.29, 1.82) is 0 Å². The van der Waals surface area contributed by atoms with Gasteiger partial charge in [0.2, 0.25) is 0 Å². The van der Waals surface area contributed by atoms with Gasteiger partial charge in [0, 0.05) is 53.5 Å². The number of carbonyl (C=O) groups is 1. The van der Waals surface area contributed by atoms with Crippen molar-refractivity contribution in [1.82, 2.24) is 14.8 Å². The lowest BCUT2D eigenvalue weighted by Crippen LogP contribution is -2.14. The summed E-state index contributed by atoms with van der Waals surface area (Å²) in [4.78, 5) is 16.9. The van der Waals surface area contributed by atoms with Crippen molar-refractivity contribution < 1.29 is 27.4 Å². The number of nitrogens with one attached hydrogen (secondary N) is 1. The minimum absolute atomic E-state index is 0.0865. The number of pyridine rings is 1. The van der Waals surface area contributed by atoms with Gasteiger partial charge in [0.25, 0.3) is 5.91 Å². The summed E-state index contributed by atoms with van der Waals surface area (Å²) in [6.45, 7) is 3.90. The molecule has 0 saturated carbocycles. The molecule has 1 saturated heterocycles. The smallest absolute Gasteiger partial charge is 0.416 e. The van der Waals surface area contributed by atoms with Crippen molar-refractivity contribution in [3.05, 3.63) is 90.0 Å². The number of anilines is 1. The zero-order chi connectivity index (χ0) is 26.7. The lowest BCUT2D eigenvalue weighted by molar-refractivity contribution is -0.137. The van der Waals surface area contributed by atoms with Crippen LogP contribution in [0.5, 0.6) is 5.75 Å². The fourth-order valence-corrected chi connectivity index (χ4v) is 4.21. The van der Waals surface area contributed by atoms with Crippen LogP contribution in [0.4, 0.5) is 18.9 Å². The van der Waals surface area contributed by atoms with Gasteiger partial charge in [0.15, 0.2) is 0 Å². The topological polar surface area (TPSA) is 78.3 Å². The van der Waals surface area contributed by atoms with Gasteiger partial charge in [-0.05, 0) is 55.3 Å². The first kappa shape index (κ1) is 25.5. The van der Waals surface area contributed by atoms with Crippen LogP contribution in [0.2, 0.25) is 0 Å². The SMILES string of the molecule is Cc1ccc(NC(=O)c2cccc(C(F)(F)F)c2)cc1-n1cc(-c2cnccc2OC[C@H]2CCOC2)cn1. The van der Waals surface area contributed by atoms with Gasteiger partial charge in [-0.25, -0.2) is 4.68 Å². The van der Waals surface area contributed by atoms with Gasteiger partial charge in [-0.3, -0.25) is 9.78 Å². The molecule has 1 aliphatic heterocycles. The summed E-state index contributed by atoms with van der Waals surface area (Å²) in [6.07, 6.45) is 3.38. The zero-order valence-electron chi connectivity index (χ0n) is 20.5. The summed E-state index contributed by atoms with van der Waals surface area (Å²) >= 11 is 0.